The van der Waals surface area contributed by atoms with Crippen molar-refractivity contribution in [2.75, 3.05) is 17.4 Å². The number of carboxylic acids is 1. The van der Waals surface area contributed by atoms with Gasteiger partial charge in [-0.2, -0.15) is 0 Å². The van der Waals surface area contributed by atoms with Gasteiger partial charge in [0.05, 0.1) is 46.9 Å². The smallest absolute Gasteiger partial charge is 0.265 e. The Kier molecular flexibility index (Phi) is 8.29. The van der Waals surface area contributed by atoms with E-state index in [1.54, 1.807) is 25.3 Å². The van der Waals surface area contributed by atoms with E-state index in [2.05, 4.69) is 25.7 Å². The first kappa shape index (κ1) is 32.6. The van der Waals surface area contributed by atoms with Crippen LogP contribution in [-0.2, 0) is 26.0 Å². The Morgan fingerprint density at radius 1 is 1.15 bits per heavy atom. The van der Waals surface area contributed by atoms with Gasteiger partial charge in [-0.25, -0.2) is 8.42 Å². The van der Waals surface area contributed by atoms with Gasteiger partial charge in [-0.05, 0) is 104 Å². The first-order chi connectivity index (χ1) is 21.7. The van der Waals surface area contributed by atoms with Crippen molar-refractivity contribution in [3.8, 4) is 0 Å². The molecule has 1 aliphatic carbocycles. The summed E-state index contributed by atoms with van der Waals surface area (Å²) < 4.78 is 29.3. The van der Waals surface area contributed by atoms with E-state index in [0.29, 0.717) is 22.1 Å². The predicted octanol–water partition coefficient (Wildman–Crippen LogP) is 4.24. The maximum Gasteiger partial charge on any atom is 0.265 e. The third-order valence-electron chi connectivity index (χ3n) is 11.6. The lowest BCUT2D eigenvalue weighted by molar-refractivity contribution is -0.301. The Hall–Kier alpha value is -3.37. The lowest BCUT2D eigenvalue weighted by Gasteiger charge is -2.47. The Morgan fingerprint density at radius 3 is 2.46 bits per heavy atom. The number of amides is 1. The van der Waals surface area contributed by atoms with Crippen LogP contribution >= 0.6 is 0 Å². The first-order valence-electron chi connectivity index (χ1n) is 16.6. The quantitative estimate of drug-likeness (QED) is 0.260. The number of aliphatic hydroxyl groups is 1. The minimum atomic E-state index is -3.98. The van der Waals surface area contributed by atoms with Crippen LogP contribution in [0.15, 0.2) is 59.3 Å². The molecule has 2 aromatic carbocycles. The summed E-state index contributed by atoms with van der Waals surface area (Å²) >= 11 is 0. The van der Waals surface area contributed by atoms with Gasteiger partial charge in [-0.15, -0.1) is 0 Å². The number of β-lactam (4-membered cyclic amide) rings is 1. The zero-order valence-electron chi connectivity index (χ0n) is 27.3. The number of carbonyl (C=O) groups excluding carboxylic acids is 2. The van der Waals surface area contributed by atoms with Crippen LogP contribution in [0.5, 0.6) is 0 Å². The van der Waals surface area contributed by atoms with Gasteiger partial charge in [0.25, 0.3) is 10.0 Å². The summed E-state index contributed by atoms with van der Waals surface area (Å²) in [6.45, 7) is 12.6. The highest BCUT2D eigenvalue weighted by atomic mass is 32.2. The molecule has 9 nitrogen and oxygen atoms in total. The molecule has 1 saturated carbocycles. The summed E-state index contributed by atoms with van der Waals surface area (Å²) in [6.07, 6.45) is 9.78. The Bertz CT molecular complexity index is 1720. The van der Waals surface area contributed by atoms with Crippen molar-refractivity contribution in [3.05, 3.63) is 59.9 Å². The van der Waals surface area contributed by atoms with Crippen molar-refractivity contribution in [1.29, 1.82) is 0 Å². The van der Waals surface area contributed by atoms with Crippen molar-refractivity contribution in [2.45, 2.75) is 96.1 Å². The van der Waals surface area contributed by atoms with Gasteiger partial charge in [0.2, 0.25) is 5.91 Å². The third kappa shape index (κ3) is 5.21. The number of nitrogens with zero attached hydrogens (tertiary/aromatic N) is 2. The number of aliphatic hydroxyl groups excluding tert-OH is 1. The Labute approximate surface area is 272 Å². The maximum atomic E-state index is 14.0. The molecule has 6 rings (SSSR count). The molecular weight excluding hydrogens is 602 g/mol. The highest BCUT2D eigenvalue weighted by molar-refractivity contribution is 7.93. The molecule has 2 fully saturated rings. The normalized spacial score (nSPS) is 30.4. The van der Waals surface area contributed by atoms with Gasteiger partial charge in [-0.3, -0.25) is 9.10 Å². The monoisotopic (exact) mass is 648 g/mol. The van der Waals surface area contributed by atoms with E-state index >= 15 is 0 Å². The van der Waals surface area contributed by atoms with Gasteiger partial charge < -0.3 is 25.2 Å². The maximum absolute atomic E-state index is 14.0. The zero-order chi connectivity index (χ0) is 33.2. The van der Waals surface area contributed by atoms with E-state index in [9.17, 15) is 28.2 Å². The molecule has 46 heavy (non-hydrogen) atoms. The number of rotatable bonds is 12. The standard InChI is InChI=1S/C36H47N3O6S/c1-6-37-20-8-14-35(4)16-18-36(5,19-17-35)15-13-24-11-12-28-30-25(24)9-7-10-27(30)38(46(28,44)45)21-26-22(2)31-29(23(3)40)33(41)39(31)32(26)34(42)43/h6-7,9-12,22-23,29,31,37,40H,1,8,13-21H2,2-5H3,(H,42,43)/p-1/t22-,23+,29+,31+,35?,36?/m0/s1. The van der Waals surface area contributed by atoms with Crippen molar-refractivity contribution >= 4 is 38.4 Å². The topological polar surface area (TPSA) is 130 Å². The average molecular weight is 649 g/mol. The van der Waals surface area contributed by atoms with Crippen molar-refractivity contribution in [3.63, 3.8) is 0 Å². The minimum Gasteiger partial charge on any atom is -0.543 e. The molecule has 0 radical (unpaired) electrons. The van der Waals surface area contributed by atoms with E-state index in [-0.39, 0.29) is 22.6 Å². The molecule has 4 atom stereocenters. The Morgan fingerprint density at radius 2 is 1.83 bits per heavy atom. The molecule has 1 saturated heterocycles. The molecule has 0 spiro atoms. The van der Waals surface area contributed by atoms with Crippen LogP contribution in [0, 0.1) is 22.7 Å². The van der Waals surface area contributed by atoms with Gasteiger partial charge in [-0.1, -0.05) is 45.5 Å². The lowest BCUT2D eigenvalue weighted by Crippen LogP contribution is -2.64. The summed E-state index contributed by atoms with van der Waals surface area (Å²) in [4.78, 5) is 26.5. The van der Waals surface area contributed by atoms with E-state index in [4.69, 9.17) is 0 Å². The fraction of sp³-hybridized carbons (Fsp3) is 0.556. The van der Waals surface area contributed by atoms with Crippen LogP contribution < -0.4 is 14.7 Å². The van der Waals surface area contributed by atoms with Gasteiger partial charge >= 0.3 is 0 Å². The summed E-state index contributed by atoms with van der Waals surface area (Å²) in [5.41, 5.74) is 2.27. The van der Waals surface area contributed by atoms with E-state index < -0.39 is 45.9 Å². The number of carbonyl (C=O) groups is 2. The number of aliphatic carboxylic acids is 1. The highest BCUT2D eigenvalue weighted by Crippen LogP contribution is 2.51. The van der Waals surface area contributed by atoms with Crippen LogP contribution in [0.1, 0.15) is 78.2 Å². The molecule has 0 unspecified atom stereocenters. The molecule has 1 amide bonds. The lowest BCUT2D eigenvalue weighted by atomic mass is 9.62. The number of hydrogen-bond acceptors (Lipinski definition) is 7. The summed E-state index contributed by atoms with van der Waals surface area (Å²) in [6, 6.07) is 8.70. The van der Waals surface area contributed by atoms with Crippen molar-refractivity contribution in [2.24, 2.45) is 22.7 Å². The summed E-state index contributed by atoms with van der Waals surface area (Å²) in [5.74, 6) is -3.18. The second-order valence-corrected chi connectivity index (χ2v) is 16.6. The van der Waals surface area contributed by atoms with Crippen LogP contribution in [0.3, 0.4) is 0 Å². The van der Waals surface area contributed by atoms with Crippen LogP contribution in [0.25, 0.3) is 10.8 Å². The van der Waals surface area contributed by atoms with E-state index in [1.807, 2.05) is 18.2 Å². The molecule has 3 heterocycles. The second-order valence-electron chi connectivity index (χ2n) is 14.7. The first-order valence-corrected chi connectivity index (χ1v) is 18.0. The molecule has 2 aromatic rings. The van der Waals surface area contributed by atoms with Gasteiger partial charge in [0.1, 0.15) is 0 Å². The number of nitrogens with one attached hydrogen (secondary N) is 1. The molecule has 3 aliphatic heterocycles. The number of anilines is 1. The number of hydrogen-bond donors (Lipinski definition) is 2. The third-order valence-corrected chi connectivity index (χ3v) is 13.4. The van der Waals surface area contributed by atoms with Gasteiger partial charge in [0, 0.05) is 17.8 Å². The SMILES string of the molecule is C=CNCCCC1(C)CCC(C)(CCc2ccc3c4c(cccc24)N(CC2=C(C(=O)[O-])N4C(=O)[C@H]([C@@H](C)O)[C@H]4[C@H]2C)S3(=O)=O)CC1. The molecule has 0 bridgehead atoms. The highest BCUT2D eigenvalue weighted by Gasteiger charge is 2.59. The number of fused-ring (bicyclic) bond motifs is 1. The fourth-order valence-corrected chi connectivity index (χ4v) is 10.3. The molecule has 2 N–H and O–H groups in total. The zero-order valence-corrected chi connectivity index (χ0v) is 28.2. The van der Waals surface area contributed by atoms with Crippen LogP contribution in [-0.4, -0.2) is 55.5 Å². The van der Waals surface area contributed by atoms with Gasteiger partial charge in [0.15, 0.2) is 0 Å². The van der Waals surface area contributed by atoms with Crippen molar-refractivity contribution in [1.82, 2.24) is 10.2 Å². The number of aryl methyl sites for hydroxylation is 1. The molecule has 10 heteroatoms. The molecule has 4 aliphatic rings. The summed E-state index contributed by atoms with van der Waals surface area (Å²) in [7, 11) is -3.98. The molecule has 248 valence electrons. The van der Waals surface area contributed by atoms with E-state index in [0.717, 1.165) is 36.8 Å². The number of sulfonamides is 1. The number of carboxylic acid groups (broad SMARTS) is 1. The second kappa shape index (κ2) is 11.7. The minimum absolute atomic E-state index is 0.205. The fourth-order valence-electron chi connectivity index (χ4n) is 8.59. The van der Waals surface area contributed by atoms with E-state index in [1.165, 1.54) is 48.2 Å². The number of benzene rings is 2. The predicted molar refractivity (Wildman–Crippen MR) is 176 cm³/mol. The largest absolute Gasteiger partial charge is 0.543 e. The van der Waals surface area contributed by atoms with Crippen LogP contribution in [0.2, 0.25) is 0 Å². The Balaban J connectivity index is 1.23. The molecular formula is C36H46N3O6S-. The average Bonchev–Trinajstić information content (AvgIpc) is 3.38. The van der Waals surface area contributed by atoms with Crippen molar-refractivity contribution < 1.29 is 28.2 Å². The van der Waals surface area contributed by atoms with Crippen LogP contribution in [0.4, 0.5) is 5.69 Å². The summed E-state index contributed by atoms with van der Waals surface area (Å²) in [5, 5.41) is 27.3. The molecule has 0 aromatic heterocycles.